The van der Waals surface area contributed by atoms with Crippen LogP contribution in [0, 0.1) is 0 Å². The Morgan fingerprint density at radius 1 is 1.69 bits per heavy atom. The highest BCUT2D eigenvalue weighted by atomic mass is 16.5. The Morgan fingerprint density at radius 2 is 2.31 bits per heavy atom. The molecule has 1 aromatic rings. The lowest BCUT2D eigenvalue weighted by atomic mass is 10.4. The second-order valence-corrected chi connectivity index (χ2v) is 2.46. The molecule has 0 fully saturated rings. The zero-order valence-electron chi connectivity index (χ0n) is 8.84. The van der Waals surface area contributed by atoms with Crippen LogP contribution < -0.4 is 5.73 Å². The van der Waals surface area contributed by atoms with Gasteiger partial charge in [-0.3, -0.25) is 9.89 Å². The number of aromatic amines is 1. The van der Waals surface area contributed by atoms with Crippen LogP contribution in [0.25, 0.3) is 0 Å². The van der Waals surface area contributed by atoms with Gasteiger partial charge in [0.1, 0.15) is 0 Å². The molecule has 0 aliphatic carbocycles. The predicted molar refractivity (Wildman–Crippen MR) is 53.8 cm³/mol. The summed E-state index contributed by atoms with van der Waals surface area (Å²) < 4.78 is 4.72. The van der Waals surface area contributed by atoms with E-state index in [4.69, 9.17) is 20.4 Å². The molecule has 0 saturated carbocycles. The van der Waals surface area contributed by atoms with Crippen molar-refractivity contribution in [1.29, 1.82) is 0 Å². The molecule has 0 aliphatic rings. The van der Waals surface area contributed by atoms with Gasteiger partial charge in [0.2, 0.25) is 5.82 Å². The van der Waals surface area contributed by atoms with Crippen molar-refractivity contribution in [3.05, 3.63) is 11.6 Å². The number of carbonyl (C=O) groups is 2. The summed E-state index contributed by atoms with van der Waals surface area (Å²) in [6, 6.07) is 0. The van der Waals surface area contributed by atoms with Gasteiger partial charge < -0.3 is 15.6 Å². The Labute approximate surface area is 91.8 Å². The van der Waals surface area contributed by atoms with E-state index in [0.29, 0.717) is 25.4 Å². The fourth-order valence-corrected chi connectivity index (χ4v) is 0.828. The summed E-state index contributed by atoms with van der Waals surface area (Å²) in [6.07, 6.45) is 0.551. The van der Waals surface area contributed by atoms with Gasteiger partial charge in [0, 0.05) is 6.42 Å². The smallest absolute Gasteiger partial charge is 0.375 e. The van der Waals surface area contributed by atoms with E-state index in [-0.39, 0.29) is 12.3 Å². The SMILES string of the molecule is CCOC(=O)c1nc(CCN)n[nH]1.O=CO. The molecule has 0 spiro atoms. The molecule has 8 nitrogen and oxygen atoms in total. The van der Waals surface area contributed by atoms with E-state index in [2.05, 4.69) is 15.2 Å². The monoisotopic (exact) mass is 230 g/mol. The Morgan fingerprint density at radius 3 is 2.81 bits per heavy atom. The van der Waals surface area contributed by atoms with Crippen LogP contribution in [-0.4, -0.2) is 45.9 Å². The third kappa shape index (κ3) is 5.05. The van der Waals surface area contributed by atoms with E-state index in [9.17, 15) is 4.79 Å². The maximum atomic E-state index is 11.1. The lowest BCUT2D eigenvalue weighted by Gasteiger charge is -1.94. The fourth-order valence-electron chi connectivity index (χ4n) is 0.828. The van der Waals surface area contributed by atoms with Crippen LogP contribution in [0.3, 0.4) is 0 Å². The summed E-state index contributed by atoms with van der Waals surface area (Å²) in [5.74, 6) is 0.175. The van der Waals surface area contributed by atoms with Crippen molar-refractivity contribution in [2.45, 2.75) is 13.3 Å². The molecule has 90 valence electrons. The van der Waals surface area contributed by atoms with Crippen molar-refractivity contribution in [2.24, 2.45) is 5.73 Å². The molecule has 16 heavy (non-hydrogen) atoms. The van der Waals surface area contributed by atoms with E-state index in [1.807, 2.05) is 0 Å². The van der Waals surface area contributed by atoms with Gasteiger partial charge in [-0.1, -0.05) is 0 Å². The van der Waals surface area contributed by atoms with Crippen LogP contribution >= 0.6 is 0 Å². The van der Waals surface area contributed by atoms with E-state index >= 15 is 0 Å². The summed E-state index contributed by atoms with van der Waals surface area (Å²) in [4.78, 5) is 23.3. The Hall–Kier alpha value is -1.96. The lowest BCUT2D eigenvalue weighted by Crippen LogP contribution is -2.07. The third-order valence-corrected chi connectivity index (χ3v) is 1.37. The van der Waals surface area contributed by atoms with Gasteiger partial charge in [-0.25, -0.2) is 9.78 Å². The number of nitrogens with zero attached hydrogens (tertiary/aromatic N) is 2. The maximum Gasteiger partial charge on any atom is 0.375 e. The number of rotatable bonds is 4. The van der Waals surface area contributed by atoms with Crippen molar-refractivity contribution in [1.82, 2.24) is 15.2 Å². The number of H-pyrrole nitrogens is 1. The van der Waals surface area contributed by atoms with E-state index < -0.39 is 5.97 Å². The highest BCUT2D eigenvalue weighted by Crippen LogP contribution is 1.95. The first-order chi connectivity index (χ1) is 7.69. The zero-order chi connectivity index (χ0) is 12.4. The molecule has 0 aliphatic heterocycles. The standard InChI is InChI=1S/C7H12N4O2.CH2O2/c1-2-13-7(12)6-9-5(3-4-8)10-11-6;2-1-3/h2-4,8H2,1H3,(H,9,10,11);1H,(H,2,3). The summed E-state index contributed by atoms with van der Waals surface area (Å²) in [5, 5.41) is 13.2. The summed E-state index contributed by atoms with van der Waals surface area (Å²) in [6.45, 7) is 2.26. The number of nitrogens with two attached hydrogens (primary N) is 1. The van der Waals surface area contributed by atoms with Crippen LogP contribution in [-0.2, 0) is 16.0 Å². The van der Waals surface area contributed by atoms with Gasteiger partial charge in [-0.2, -0.15) is 5.10 Å². The van der Waals surface area contributed by atoms with Crippen LogP contribution in [0.15, 0.2) is 0 Å². The van der Waals surface area contributed by atoms with Crippen LogP contribution in [0.1, 0.15) is 23.4 Å². The third-order valence-electron chi connectivity index (χ3n) is 1.37. The lowest BCUT2D eigenvalue weighted by molar-refractivity contribution is -0.122. The molecule has 8 heteroatoms. The van der Waals surface area contributed by atoms with Crippen molar-refractivity contribution in [3.8, 4) is 0 Å². The molecule has 0 atom stereocenters. The number of esters is 1. The minimum absolute atomic E-state index is 0.130. The van der Waals surface area contributed by atoms with Gasteiger partial charge in [0.15, 0.2) is 5.82 Å². The maximum absolute atomic E-state index is 11.1. The van der Waals surface area contributed by atoms with Crippen LogP contribution in [0.2, 0.25) is 0 Å². The van der Waals surface area contributed by atoms with Crippen molar-refractivity contribution >= 4 is 12.4 Å². The van der Waals surface area contributed by atoms with Gasteiger partial charge in [0.05, 0.1) is 6.61 Å². The number of aromatic nitrogens is 3. The van der Waals surface area contributed by atoms with Crippen molar-refractivity contribution in [2.75, 3.05) is 13.2 Å². The zero-order valence-corrected chi connectivity index (χ0v) is 8.84. The van der Waals surface area contributed by atoms with Gasteiger partial charge >= 0.3 is 5.97 Å². The normalized spacial score (nSPS) is 8.88. The second kappa shape index (κ2) is 8.36. The van der Waals surface area contributed by atoms with Gasteiger partial charge in [-0.15, -0.1) is 0 Å². The highest BCUT2D eigenvalue weighted by Gasteiger charge is 2.11. The molecule has 0 amide bonds. The van der Waals surface area contributed by atoms with Crippen molar-refractivity contribution < 1.29 is 19.4 Å². The molecular weight excluding hydrogens is 216 g/mol. The largest absolute Gasteiger partial charge is 0.483 e. The van der Waals surface area contributed by atoms with E-state index in [0.717, 1.165) is 0 Å². The molecule has 0 radical (unpaired) electrons. The number of nitrogens with one attached hydrogen (secondary N) is 1. The minimum atomic E-state index is -0.488. The molecule has 0 saturated heterocycles. The first kappa shape index (κ1) is 14.0. The van der Waals surface area contributed by atoms with Crippen LogP contribution in [0.5, 0.6) is 0 Å². The molecular formula is C8H14N4O4. The van der Waals surface area contributed by atoms with Crippen molar-refractivity contribution in [3.63, 3.8) is 0 Å². The number of ether oxygens (including phenoxy) is 1. The molecule has 1 heterocycles. The highest BCUT2D eigenvalue weighted by molar-refractivity contribution is 5.84. The predicted octanol–water partition coefficient (Wildman–Crippen LogP) is -0.817. The Kier molecular flexibility index (Phi) is 7.33. The van der Waals surface area contributed by atoms with Gasteiger partial charge in [-0.05, 0) is 13.5 Å². The summed E-state index contributed by atoms with van der Waals surface area (Å²) in [7, 11) is 0. The number of hydrogen-bond acceptors (Lipinski definition) is 6. The Balaban J connectivity index is 0.000000673. The second-order valence-electron chi connectivity index (χ2n) is 2.46. The topological polar surface area (TPSA) is 131 Å². The number of carboxylic acid groups (broad SMARTS) is 1. The average Bonchev–Trinajstić information content (AvgIpc) is 2.68. The van der Waals surface area contributed by atoms with Crippen LogP contribution in [0.4, 0.5) is 0 Å². The average molecular weight is 230 g/mol. The molecule has 0 bridgehead atoms. The first-order valence-electron chi connectivity index (χ1n) is 4.55. The molecule has 1 rings (SSSR count). The molecule has 0 aromatic carbocycles. The van der Waals surface area contributed by atoms with E-state index in [1.165, 1.54) is 0 Å². The molecule has 4 N–H and O–H groups in total. The quantitative estimate of drug-likeness (QED) is 0.455. The minimum Gasteiger partial charge on any atom is -0.483 e. The molecule has 1 aromatic heterocycles. The van der Waals surface area contributed by atoms with Gasteiger partial charge in [0.25, 0.3) is 6.47 Å². The first-order valence-corrected chi connectivity index (χ1v) is 4.55. The number of hydrogen-bond donors (Lipinski definition) is 3. The van der Waals surface area contributed by atoms with E-state index in [1.54, 1.807) is 6.92 Å². The molecule has 0 unspecified atom stereocenters. The summed E-state index contributed by atoms with van der Waals surface area (Å²) >= 11 is 0. The Bertz CT molecular complexity index is 326. The summed E-state index contributed by atoms with van der Waals surface area (Å²) in [5.41, 5.74) is 5.29. The number of carbonyl (C=O) groups excluding carboxylic acids is 1. The fraction of sp³-hybridized carbons (Fsp3) is 0.500.